The van der Waals surface area contributed by atoms with Crippen LogP contribution in [0.2, 0.25) is 0 Å². The number of aromatic nitrogens is 4. The Bertz CT molecular complexity index is 604. The molecule has 0 aliphatic carbocycles. The van der Waals surface area contributed by atoms with Crippen LogP contribution in [-0.2, 0) is 13.0 Å². The largest absolute Gasteiger partial charge is 0.350 e. The number of hydrogen-bond donors (Lipinski definition) is 1. The molecule has 2 aromatic rings. The van der Waals surface area contributed by atoms with Crippen LogP contribution >= 0.6 is 0 Å². The smallest absolute Gasteiger partial charge is 0.271 e. The molecule has 3 heterocycles. The molecule has 104 valence electrons. The Morgan fingerprint density at radius 2 is 2.30 bits per heavy atom. The first-order valence-electron chi connectivity index (χ1n) is 6.79. The van der Waals surface area contributed by atoms with Crippen molar-refractivity contribution in [1.29, 1.82) is 0 Å². The SMILES string of the molecule is Cc1cnc(C(=O)NC[C@H]2CCc3nccn3C2)cn1. The molecule has 1 N–H and O–H groups in total. The van der Waals surface area contributed by atoms with E-state index in [1.54, 1.807) is 6.20 Å². The van der Waals surface area contributed by atoms with E-state index in [2.05, 4.69) is 24.8 Å². The van der Waals surface area contributed by atoms with Gasteiger partial charge in [0.1, 0.15) is 11.5 Å². The number of nitrogens with one attached hydrogen (secondary N) is 1. The van der Waals surface area contributed by atoms with Crippen molar-refractivity contribution in [2.45, 2.75) is 26.3 Å². The van der Waals surface area contributed by atoms with Gasteiger partial charge in [-0.3, -0.25) is 9.78 Å². The quantitative estimate of drug-likeness (QED) is 0.903. The lowest BCUT2D eigenvalue weighted by Gasteiger charge is -2.23. The second kappa shape index (κ2) is 5.40. The highest BCUT2D eigenvalue weighted by Gasteiger charge is 2.19. The van der Waals surface area contributed by atoms with Crippen molar-refractivity contribution in [3.05, 3.63) is 42.0 Å². The Morgan fingerprint density at radius 3 is 3.10 bits per heavy atom. The number of amides is 1. The van der Waals surface area contributed by atoms with E-state index in [-0.39, 0.29) is 5.91 Å². The van der Waals surface area contributed by atoms with Gasteiger partial charge in [0.2, 0.25) is 0 Å². The van der Waals surface area contributed by atoms with Gasteiger partial charge >= 0.3 is 0 Å². The maximum Gasteiger partial charge on any atom is 0.271 e. The van der Waals surface area contributed by atoms with Crippen LogP contribution in [-0.4, -0.2) is 32.0 Å². The van der Waals surface area contributed by atoms with E-state index in [9.17, 15) is 4.79 Å². The first-order chi connectivity index (χ1) is 9.72. The minimum atomic E-state index is -0.158. The first kappa shape index (κ1) is 12.8. The fraction of sp³-hybridized carbons (Fsp3) is 0.429. The van der Waals surface area contributed by atoms with Gasteiger partial charge < -0.3 is 9.88 Å². The summed E-state index contributed by atoms with van der Waals surface area (Å²) in [7, 11) is 0. The molecule has 0 radical (unpaired) electrons. The molecule has 20 heavy (non-hydrogen) atoms. The third-order valence-corrected chi connectivity index (χ3v) is 3.60. The molecule has 0 spiro atoms. The molecular weight excluding hydrogens is 254 g/mol. The van der Waals surface area contributed by atoms with Crippen LogP contribution in [0.5, 0.6) is 0 Å². The highest BCUT2D eigenvalue weighted by Crippen LogP contribution is 2.17. The standard InChI is InChI=1S/C14H17N5O/c1-10-6-17-12(8-16-10)14(20)18-7-11-2-3-13-15-4-5-19(13)9-11/h4-6,8,11H,2-3,7,9H2,1H3,(H,18,20)/t11-/m1/s1. The van der Waals surface area contributed by atoms with Crippen molar-refractivity contribution < 1.29 is 4.79 Å². The lowest BCUT2D eigenvalue weighted by atomic mass is 9.99. The van der Waals surface area contributed by atoms with E-state index in [1.807, 2.05) is 19.3 Å². The van der Waals surface area contributed by atoms with Crippen LogP contribution in [0.15, 0.2) is 24.8 Å². The predicted molar refractivity (Wildman–Crippen MR) is 73.1 cm³/mol. The van der Waals surface area contributed by atoms with E-state index in [4.69, 9.17) is 0 Å². The summed E-state index contributed by atoms with van der Waals surface area (Å²) in [6.07, 6.45) is 8.97. The first-order valence-corrected chi connectivity index (χ1v) is 6.79. The van der Waals surface area contributed by atoms with Crippen LogP contribution in [0.25, 0.3) is 0 Å². The molecule has 3 rings (SSSR count). The van der Waals surface area contributed by atoms with Gasteiger partial charge in [-0.1, -0.05) is 0 Å². The molecule has 0 unspecified atom stereocenters. The van der Waals surface area contributed by atoms with E-state index < -0.39 is 0 Å². The molecule has 0 saturated carbocycles. The maximum atomic E-state index is 12.0. The Labute approximate surface area is 117 Å². The molecule has 1 aliphatic heterocycles. The van der Waals surface area contributed by atoms with Crippen molar-refractivity contribution in [3.8, 4) is 0 Å². The molecule has 6 nitrogen and oxygen atoms in total. The van der Waals surface area contributed by atoms with Gasteiger partial charge in [-0.25, -0.2) is 9.97 Å². The van der Waals surface area contributed by atoms with Crippen LogP contribution < -0.4 is 5.32 Å². The number of nitrogens with zero attached hydrogens (tertiary/aromatic N) is 4. The summed E-state index contributed by atoms with van der Waals surface area (Å²) in [6, 6.07) is 0. The Hall–Kier alpha value is -2.24. The monoisotopic (exact) mass is 271 g/mol. The fourth-order valence-electron chi connectivity index (χ4n) is 2.44. The van der Waals surface area contributed by atoms with E-state index in [0.717, 1.165) is 30.9 Å². The molecule has 0 fully saturated rings. The van der Waals surface area contributed by atoms with Crippen molar-refractivity contribution in [3.63, 3.8) is 0 Å². The fourth-order valence-corrected chi connectivity index (χ4v) is 2.44. The van der Waals surface area contributed by atoms with Gasteiger partial charge in [-0.15, -0.1) is 0 Å². The van der Waals surface area contributed by atoms with Gasteiger partial charge in [-0.05, 0) is 19.3 Å². The van der Waals surface area contributed by atoms with E-state index in [0.29, 0.717) is 18.2 Å². The summed E-state index contributed by atoms with van der Waals surface area (Å²) in [5.41, 5.74) is 1.18. The third-order valence-electron chi connectivity index (χ3n) is 3.60. The Morgan fingerprint density at radius 1 is 1.40 bits per heavy atom. The number of carbonyl (C=O) groups is 1. The summed E-state index contributed by atoms with van der Waals surface area (Å²) in [5.74, 6) is 1.42. The third kappa shape index (κ3) is 2.68. The van der Waals surface area contributed by atoms with E-state index in [1.165, 1.54) is 6.20 Å². The highest BCUT2D eigenvalue weighted by molar-refractivity contribution is 5.91. The predicted octanol–water partition coefficient (Wildman–Crippen LogP) is 0.974. The lowest BCUT2D eigenvalue weighted by molar-refractivity contribution is 0.0938. The normalized spacial score (nSPS) is 17.6. The molecule has 2 aromatic heterocycles. The second-order valence-electron chi connectivity index (χ2n) is 5.15. The molecule has 6 heteroatoms. The zero-order valence-corrected chi connectivity index (χ0v) is 11.4. The summed E-state index contributed by atoms with van der Waals surface area (Å²) in [6.45, 7) is 3.42. The molecule has 1 amide bonds. The van der Waals surface area contributed by atoms with E-state index >= 15 is 0 Å². The Kier molecular flexibility index (Phi) is 3.45. The van der Waals surface area contributed by atoms with Crippen LogP contribution in [0.1, 0.15) is 28.4 Å². The van der Waals surface area contributed by atoms with Crippen LogP contribution in [0.4, 0.5) is 0 Å². The molecule has 0 aromatic carbocycles. The van der Waals surface area contributed by atoms with Crippen LogP contribution in [0.3, 0.4) is 0 Å². The average Bonchev–Trinajstić information content (AvgIpc) is 2.93. The lowest BCUT2D eigenvalue weighted by Crippen LogP contribution is -2.34. The van der Waals surface area contributed by atoms with Crippen molar-refractivity contribution in [2.24, 2.45) is 5.92 Å². The van der Waals surface area contributed by atoms with Crippen molar-refractivity contribution >= 4 is 5.91 Å². The molecule has 1 aliphatic rings. The van der Waals surface area contributed by atoms with Crippen LogP contribution in [0, 0.1) is 12.8 Å². The topological polar surface area (TPSA) is 72.7 Å². The number of carbonyl (C=O) groups excluding carboxylic acids is 1. The number of fused-ring (bicyclic) bond motifs is 1. The number of aryl methyl sites for hydroxylation is 2. The zero-order chi connectivity index (χ0) is 13.9. The summed E-state index contributed by atoms with van der Waals surface area (Å²) in [4.78, 5) is 24.4. The number of hydrogen-bond acceptors (Lipinski definition) is 4. The molecular formula is C14H17N5O. The van der Waals surface area contributed by atoms with Gasteiger partial charge in [0.15, 0.2) is 0 Å². The molecule has 0 saturated heterocycles. The summed E-state index contributed by atoms with van der Waals surface area (Å²) < 4.78 is 2.16. The van der Waals surface area contributed by atoms with Crippen molar-refractivity contribution in [1.82, 2.24) is 24.8 Å². The average molecular weight is 271 g/mol. The minimum absolute atomic E-state index is 0.158. The second-order valence-corrected chi connectivity index (χ2v) is 5.15. The van der Waals surface area contributed by atoms with Gasteiger partial charge in [0.25, 0.3) is 5.91 Å². The summed E-state index contributed by atoms with van der Waals surface area (Å²) >= 11 is 0. The molecule has 0 bridgehead atoms. The van der Waals surface area contributed by atoms with Gasteiger partial charge in [0, 0.05) is 38.1 Å². The van der Waals surface area contributed by atoms with Gasteiger partial charge in [-0.2, -0.15) is 0 Å². The van der Waals surface area contributed by atoms with Crippen molar-refractivity contribution in [2.75, 3.05) is 6.54 Å². The Balaban J connectivity index is 1.55. The minimum Gasteiger partial charge on any atom is -0.350 e. The van der Waals surface area contributed by atoms with Gasteiger partial charge in [0.05, 0.1) is 11.9 Å². The number of rotatable bonds is 3. The maximum absolute atomic E-state index is 12.0. The molecule has 1 atom stereocenters. The number of imidazole rings is 1. The summed E-state index contributed by atoms with van der Waals surface area (Å²) in [5, 5.41) is 2.94. The highest BCUT2D eigenvalue weighted by atomic mass is 16.1. The zero-order valence-electron chi connectivity index (χ0n) is 11.4.